The van der Waals surface area contributed by atoms with Crippen LogP contribution in [0.4, 0.5) is 5.69 Å². The molecule has 3 aromatic carbocycles. The predicted octanol–water partition coefficient (Wildman–Crippen LogP) is 5.47. The van der Waals surface area contributed by atoms with Crippen LogP contribution in [0.15, 0.2) is 72.8 Å². The smallest absolute Gasteiger partial charge is 0.247 e. The average molecular weight is 489 g/mol. The molecule has 0 bridgehead atoms. The number of anilines is 1. The van der Waals surface area contributed by atoms with Gasteiger partial charge in [0.2, 0.25) is 17.6 Å². The van der Waals surface area contributed by atoms with E-state index in [1.165, 1.54) is 13.0 Å². The van der Waals surface area contributed by atoms with Crippen molar-refractivity contribution in [1.29, 1.82) is 0 Å². The second kappa shape index (κ2) is 12.4. The van der Waals surface area contributed by atoms with E-state index in [9.17, 15) is 9.59 Å². The monoisotopic (exact) mass is 488 g/mol. The molecule has 0 radical (unpaired) electrons. The average Bonchev–Trinajstić information content (AvgIpc) is 2.89. The Morgan fingerprint density at radius 3 is 2.17 bits per heavy atom. The molecule has 1 N–H and O–H groups in total. The lowest BCUT2D eigenvalue weighted by Gasteiger charge is -2.29. The lowest BCUT2D eigenvalue weighted by Crippen LogP contribution is -2.31. The Morgan fingerprint density at radius 2 is 1.58 bits per heavy atom. The van der Waals surface area contributed by atoms with Gasteiger partial charge in [-0.2, -0.15) is 0 Å². The van der Waals surface area contributed by atoms with Crippen molar-refractivity contribution in [3.05, 3.63) is 89.5 Å². The van der Waals surface area contributed by atoms with Crippen LogP contribution in [-0.2, 0) is 16.1 Å². The highest BCUT2D eigenvalue weighted by Crippen LogP contribution is 2.38. The van der Waals surface area contributed by atoms with Crippen LogP contribution in [0.2, 0.25) is 0 Å². The van der Waals surface area contributed by atoms with Crippen molar-refractivity contribution < 1.29 is 23.8 Å². The van der Waals surface area contributed by atoms with Gasteiger partial charge >= 0.3 is 0 Å². The highest BCUT2D eigenvalue weighted by atomic mass is 16.5. The predicted molar refractivity (Wildman–Crippen MR) is 141 cm³/mol. The molecule has 36 heavy (non-hydrogen) atoms. The third-order valence-corrected chi connectivity index (χ3v) is 5.74. The maximum atomic E-state index is 13.5. The summed E-state index contributed by atoms with van der Waals surface area (Å²) in [6.45, 7) is 3.86. The molecule has 188 valence electrons. The van der Waals surface area contributed by atoms with Crippen LogP contribution in [0, 0.1) is 0 Å². The molecule has 0 saturated heterocycles. The Balaban J connectivity index is 1.93. The molecule has 0 aliphatic rings. The molecule has 0 fully saturated rings. The Morgan fingerprint density at radius 1 is 0.917 bits per heavy atom. The summed E-state index contributed by atoms with van der Waals surface area (Å²) in [4.78, 5) is 26.8. The van der Waals surface area contributed by atoms with Gasteiger partial charge in [-0.05, 0) is 54.0 Å². The van der Waals surface area contributed by atoms with Crippen LogP contribution in [-0.4, -0.2) is 38.0 Å². The highest BCUT2D eigenvalue weighted by molar-refractivity contribution is 5.92. The van der Waals surface area contributed by atoms with Gasteiger partial charge in [-0.15, -0.1) is 0 Å². The first-order valence-electron chi connectivity index (χ1n) is 11.6. The number of carbonyl (C=O) groups excluding carboxylic acids is 2. The van der Waals surface area contributed by atoms with Crippen LogP contribution in [0.1, 0.15) is 36.6 Å². The van der Waals surface area contributed by atoms with E-state index >= 15 is 0 Å². The summed E-state index contributed by atoms with van der Waals surface area (Å²) in [5.41, 5.74) is 3.34. The number of nitrogens with one attached hydrogen (secondary N) is 1. The molecule has 3 rings (SSSR count). The van der Waals surface area contributed by atoms with Crippen molar-refractivity contribution in [2.45, 2.75) is 26.4 Å². The van der Waals surface area contributed by atoms with Crippen molar-refractivity contribution in [2.75, 3.05) is 26.6 Å². The molecule has 0 unspecified atom stereocenters. The van der Waals surface area contributed by atoms with Crippen molar-refractivity contribution >= 4 is 23.6 Å². The van der Waals surface area contributed by atoms with Crippen molar-refractivity contribution in [1.82, 2.24) is 4.90 Å². The minimum atomic E-state index is -0.254. The second-order valence-corrected chi connectivity index (χ2v) is 8.23. The maximum Gasteiger partial charge on any atom is 0.247 e. The zero-order valence-corrected chi connectivity index (χ0v) is 21.3. The summed E-state index contributed by atoms with van der Waals surface area (Å²) in [6.07, 6.45) is 3.27. The molecule has 7 heteroatoms. The van der Waals surface area contributed by atoms with Crippen molar-refractivity contribution in [2.24, 2.45) is 0 Å². The fourth-order valence-corrected chi connectivity index (χ4v) is 3.91. The Kier molecular flexibility index (Phi) is 9.11. The van der Waals surface area contributed by atoms with E-state index in [2.05, 4.69) is 5.32 Å². The Bertz CT molecular complexity index is 1200. The number of nitrogens with zero attached hydrogens (tertiary/aromatic N) is 1. The Hall–Kier alpha value is -4.26. The summed E-state index contributed by atoms with van der Waals surface area (Å²) in [5, 5.41) is 2.81. The number of carbonyl (C=O) groups is 2. The molecular formula is C29H32N2O5. The van der Waals surface area contributed by atoms with Crippen LogP contribution < -0.4 is 19.5 Å². The SMILES string of the molecule is COc1cc(/C=C/C(=O)N(Cc2ccccc2)[C@H](C)c2cccc(NC(C)=O)c2)cc(OC)c1OC. The van der Waals surface area contributed by atoms with E-state index in [1.54, 1.807) is 44.4 Å². The van der Waals surface area contributed by atoms with Gasteiger partial charge in [-0.25, -0.2) is 0 Å². The minimum absolute atomic E-state index is 0.148. The number of hydrogen-bond acceptors (Lipinski definition) is 5. The van der Waals surface area contributed by atoms with Crippen LogP contribution in [0.5, 0.6) is 17.2 Å². The number of hydrogen-bond donors (Lipinski definition) is 1. The molecule has 2 amide bonds. The molecule has 0 saturated carbocycles. The number of amides is 2. The van der Waals surface area contributed by atoms with Gasteiger partial charge in [0.05, 0.1) is 27.4 Å². The normalized spacial score (nSPS) is 11.6. The van der Waals surface area contributed by atoms with Gasteiger partial charge in [0.25, 0.3) is 0 Å². The zero-order chi connectivity index (χ0) is 26.1. The Labute approximate surface area is 212 Å². The second-order valence-electron chi connectivity index (χ2n) is 8.23. The minimum Gasteiger partial charge on any atom is -0.493 e. The zero-order valence-electron chi connectivity index (χ0n) is 21.3. The molecule has 7 nitrogen and oxygen atoms in total. The van der Waals surface area contributed by atoms with Crippen LogP contribution >= 0.6 is 0 Å². The van der Waals surface area contributed by atoms with E-state index in [4.69, 9.17) is 14.2 Å². The third-order valence-electron chi connectivity index (χ3n) is 5.74. The first kappa shape index (κ1) is 26.3. The topological polar surface area (TPSA) is 77.1 Å². The van der Waals surface area contributed by atoms with E-state index in [0.29, 0.717) is 29.5 Å². The summed E-state index contributed by atoms with van der Waals surface area (Å²) in [5.74, 6) is 1.19. The molecule has 1 atom stereocenters. The van der Waals surface area contributed by atoms with Gasteiger partial charge in [0, 0.05) is 25.2 Å². The summed E-state index contributed by atoms with van der Waals surface area (Å²) >= 11 is 0. The van der Waals surface area contributed by atoms with Gasteiger partial charge in [-0.1, -0.05) is 42.5 Å². The number of benzene rings is 3. The fourth-order valence-electron chi connectivity index (χ4n) is 3.91. The summed E-state index contributed by atoms with van der Waals surface area (Å²) < 4.78 is 16.2. The van der Waals surface area contributed by atoms with E-state index < -0.39 is 0 Å². The van der Waals surface area contributed by atoms with Gasteiger partial charge in [0.1, 0.15) is 0 Å². The maximum absolute atomic E-state index is 13.5. The standard InChI is InChI=1S/C29H32N2O5/c1-20(24-12-9-13-25(18-24)30-21(2)32)31(19-22-10-7-6-8-11-22)28(33)15-14-23-16-26(34-3)29(36-5)27(17-23)35-4/h6-18,20H,19H2,1-5H3,(H,30,32)/b15-14+/t20-/m1/s1. The third kappa shape index (κ3) is 6.66. The molecule has 3 aromatic rings. The molecule has 0 aliphatic heterocycles. The molecular weight excluding hydrogens is 456 g/mol. The summed E-state index contributed by atoms with van der Waals surface area (Å²) in [6, 6.07) is 20.7. The first-order chi connectivity index (χ1) is 17.4. The molecule has 0 aliphatic carbocycles. The van der Waals surface area contributed by atoms with Gasteiger partial charge in [-0.3, -0.25) is 9.59 Å². The highest BCUT2D eigenvalue weighted by Gasteiger charge is 2.21. The van der Waals surface area contributed by atoms with Crippen LogP contribution in [0.3, 0.4) is 0 Å². The van der Waals surface area contributed by atoms with Gasteiger partial charge in [0.15, 0.2) is 11.5 Å². The number of ether oxygens (including phenoxy) is 3. The van der Waals surface area contributed by atoms with Crippen LogP contribution in [0.25, 0.3) is 6.08 Å². The summed E-state index contributed by atoms with van der Waals surface area (Å²) in [7, 11) is 4.64. The van der Waals surface area contributed by atoms with E-state index in [1.807, 2.05) is 61.5 Å². The number of rotatable bonds is 10. The molecule has 0 aromatic heterocycles. The van der Waals surface area contributed by atoms with Crippen molar-refractivity contribution in [3.8, 4) is 17.2 Å². The number of methoxy groups -OCH3 is 3. The van der Waals surface area contributed by atoms with E-state index in [-0.39, 0.29) is 17.9 Å². The lowest BCUT2D eigenvalue weighted by molar-refractivity contribution is -0.128. The largest absolute Gasteiger partial charge is 0.493 e. The van der Waals surface area contributed by atoms with Crippen molar-refractivity contribution in [3.63, 3.8) is 0 Å². The quantitative estimate of drug-likeness (QED) is 0.383. The first-order valence-corrected chi connectivity index (χ1v) is 11.6. The van der Waals surface area contributed by atoms with Gasteiger partial charge < -0.3 is 24.4 Å². The fraction of sp³-hybridized carbons (Fsp3) is 0.241. The molecule has 0 heterocycles. The molecule has 0 spiro atoms. The lowest BCUT2D eigenvalue weighted by atomic mass is 10.0. The van der Waals surface area contributed by atoms with E-state index in [0.717, 1.165) is 16.7 Å².